The maximum absolute atomic E-state index is 12.0. The molecule has 1 atom stereocenters. The number of rotatable bonds is 7. The average Bonchev–Trinajstić information content (AvgIpc) is 2.38. The van der Waals surface area contributed by atoms with Crippen molar-refractivity contribution in [2.45, 2.75) is 32.2 Å². The van der Waals surface area contributed by atoms with Gasteiger partial charge in [0.05, 0.1) is 6.61 Å². The fourth-order valence-electron chi connectivity index (χ4n) is 1.60. The molecule has 0 saturated heterocycles. The summed E-state index contributed by atoms with van der Waals surface area (Å²) in [4.78, 5) is 23.6. The number of anilines is 1. The Balaban J connectivity index is 2.58. The highest BCUT2D eigenvalue weighted by atomic mass is 35.5. The zero-order valence-corrected chi connectivity index (χ0v) is 12.2. The van der Waals surface area contributed by atoms with Crippen LogP contribution in [-0.4, -0.2) is 24.4 Å². The van der Waals surface area contributed by atoms with Crippen LogP contribution < -0.4 is 11.5 Å². The third-order valence-electron chi connectivity index (χ3n) is 2.76. The Morgan fingerprint density at radius 3 is 2.70 bits per heavy atom. The van der Waals surface area contributed by atoms with E-state index in [0.717, 1.165) is 12.8 Å². The van der Waals surface area contributed by atoms with Crippen molar-refractivity contribution in [3.8, 4) is 0 Å². The van der Waals surface area contributed by atoms with Crippen molar-refractivity contribution in [2.75, 3.05) is 12.3 Å². The van der Waals surface area contributed by atoms with Gasteiger partial charge in [0.1, 0.15) is 6.04 Å². The number of nitrogens with two attached hydrogens (primary N) is 2. The fourth-order valence-corrected chi connectivity index (χ4v) is 1.79. The second kappa shape index (κ2) is 7.87. The van der Waals surface area contributed by atoms with Crippen LogP contribution in [0.3, 0.4) is 0 Å². The van der Waals surface area contributed by atoms with Crippen molar-refractivity contribution in [2.24, 2.45) is 5.73 Å². The van der Waals surface area contributed by atoms with Gasteiger partial charge in [0.15, 0.2) is 5.78 Å². The summed E-state index contributed by atoms with van der Waals surface area (Å²) >= 11 is 5.76. The lowest BCUT2D eigenvalue weighted by atomic mass is 10.0. The number of hydrogen-bond donors (Lipinski definition) is 2. The number of esters is 1. The van der Waals surface area contributed by atoms with Crippen LogP contribution in [0.1, 0.15) is 36.5 Å². The zero-order valence-electron chi connectivity index (χ0n) is 11.4. The highest BCUT2D eigenvalue weighted by Crippen LogP contribution is 2.19. The Morgan fingerprint density at radius 2 is 2.10 bits per heavy atom. The largest absolute Gasteiger partial charge is 0.465 e. The van der Waals surface area contributed by atoms with Gasteiger partial charge in [-0.1, -0.05) is 24.9 Å². The molecule has 0 heterocycles. The molecule has 0 spiro atoms. The second-order valence-electron chi connectivity index (χ2n) is 4.49. The molecule has 5 nitrogen and oxygen atoms in total. The van der Waals surface area contributed by atoms with Crippen molar-refractivity contribution in [1.82, 2.24) is 0 Å². The minimum atomic E-state index is -0.977. The van der Waals surface area contributed by atoms with Crippen molar-refractivity contribution in [3.05, 3.63) is 28.8 Å². The van der Waals surface area contributed by atoms with Gasteiger partial charge >= 0.3 is 5.97 Å². The number of benzene rings is 1. The molecule has 4 N–H and O–H groups in total. The Hall–Kier alpha value is -1.59. The van der Waals surface area contributed by atoms with E-state index in [-0.39, 0.29) is 17.9 Å². The number of ketones is 1. The number of carbonyl (C=O) groups excluding carboxylic acids is 2. The molecule has 6 heteroatoms. The highest BCUT2D eigenvalue weighted by molar-refractivity contribution is 6.31. The van der Waals surface area contributed by atoms with Gasteiger partial charge in [-0.25, -0.2) is 0 Å². The molecule has 0 aliphatic heterocycles. The Kier molecular flexibility index (Phi) is 6.48. The monoisotopic (exact) mass is 298 g/mol. The average molecular weight is 299 g/mol. The molecule has 20 heavy (non-hydrogen) atoms. The number of nitrogen functional groups attached to an aromatic ring is 1. The maximum atomic E-state index is 12.0. The SMILES string of the molecule is CCCCOC(=O)C(N)CC(=O)c1ccc(Cl)cc1N. The lowest BCUT2D eigenvalue weighted by Crippen LogP contribution is -2.34. The molecule has 1 aromatic rings. The lowest BCUT2D eigenvalue weighted by molar-refractivity contribution is -0.145. The molecule has 0 aromatic heterocycles. The number of halogens is 1. The predicted octanol–water partition coefficient (Wildman–Crippen LogP) is 2.17. The molecule has 1 rings (SSSR count). The minimum Gasteiger partial charge on any atom is -0.465 e. The van der Waals surface area contributed by atoms with Crippen LogP contribution in [0, 0.1) is 0 Å². The fraction of sp³-hybridized carbons (Fsp3) is 0.429. The van der Waals surface area contributed by atoms with Gasteiger partial charge < -0.3 is 16.2 Å². The first kappa shape index (κ1) is 16.5. The molecule has 110 valence electrons. The van der Waals surface area contributed by atoms with Gasteiger partial charge in [-0.3, -0.25) is 9.59 Å². The lowest BCUT2D eigenvalue weighted by Gasteiger charge is -2.11. The maximum Gasteiger partial charge on any atom is 0.323 e. The van der Waals surface area contributed by atoms with E-state index in [0.29, 0.717) is 17.2 Å². The van der Waals surface area contributed by atoms with Gasteiger partial charge in [-0.2, -0.15) is 0 Å². The van der Waals surface area contributed by atoms with E-state index in [9.17, 15) is 9.59 Å². The molecular weight excluding hydrogens is 280 g/mol. The van der Waals surface area contributed by atoms with Crippen molar-refractivity contribution < 1.29 is 14.3 Å². The summed E-state index contributed by atoms with van der Waals surface area (Å²) in [6.45, 7) is 2.31. The first-order chi connectivity index (χ1) is 9.45. The molecule has 0 radical (unpaired) electrons. The summed E-state index contributed by atoms with van der Waals surface area (Å²) in [7, 11) is 0. The molecular formula is C14H19ClN2O3. The molecule has 0 aliphatic carbocycles. The quantitative estimate of drug-likeness (QED) is 0.348. The molecule has 0 fully saturated rings. The van der Waals surface area contributed by atoms with Crippen LogP contribution in [-0.2, 0) is 9.53 Å². The summed E-state index contributed by atoms with van der Waals surface area (Å²) in [6, 6.07) is 3.60. The molecule has 1 aromatic carbocycles. The molecule has 0 saturated carbocycles. The van der Waals surface area contributed by atoms with E-state index >= 15 is 0 Å². The van der Waals surface area contributed by atoms with Gasteiger partial charge in [0.2, 0.25) is 0 Å². The van der Waals surface area contributed by atoms with Crippen LogP contribution in [0.2, 0.25) is 5.02 Å². The minimum absolute atomic E-state index is 0.142. The summed E-state index contributed by atoms with van der Waals surface area (Å²) in [5.74, 6) is -0.876. The first-order valence-electron chi connectivity index (χ1n) is 6.46. The van der Waals surface area contributed by atoms with Crippen LogP contribution in [0.25, 0.3) is 0 Å². The second-order valence-corrected chi connectivity index (χ2v) is 4.92. The van der Waals surface area contributed by atoms with E-state index in [2.05, 4.69) is 0 Å². The Labute approximate surface area is 123 Å². The van der Waals surface area contributed by atoms with Crippen LogP contribution in [0.15, 0.2) is 18.2 Å². The third kappa shape index (κ3) is 4.83. The highest BCUT2D eigenvalue weighted by Gasteiger charge is 2.21. The van der Waals surface area contributed by atoms with E-state index in [1.54, 1.807) is 6.07 Å². The molecule has 0 aliphatic rings. The normalized spacial score (nSPS) is 11.9. The standard InChI is InChI=1S/C14H19ClN2O3/c1-2-3-6-20-14(19)12(17)8-13(18)10-5-4-9(15)7-11(10)16/h4-5,7,12H,2-3,6,8,16-17H2,1H3. The van der Waals surface area contributed by atoms with Crippen LogP contribution in [0.5, 0.6) is 0 Å². The topological polar surface area (TPSA) is 95.4 Å². The van der Waals surface area contributed by atoms with Gasteiger partial charge in [0, 0.05) is 22.7 Å². The van der Waals surface area contributed by atoms with E-state index < -0.39 is 12.0 Å². The summed E-state index contributed by atoms with van der Waals surface area (Å²) in [6.07, 6.45) is 1.55. The number of carbonyl (C=O) groups is 2. The van der Waals surface area contributed by atoms with E-state index in [1.165, 1.54) is 12.1 Å². The third-order valence-corrected chi connectivity index (χ3v) is 3.00. The smallest absolute Gasteiger partial charge is 0.323 e. The molecule has 0 amide bonds. The summed E-state index contributed by atoms with van der Waals surface area (Å²) in [5.41, 5.74) is 11.9. The first-order valence-corrected chi connectivity index (χ1v) is 6.84. The van der Waals surface area contributed by atoms with Gasteiger partial charge in [-0.15, -0.1) is 0 Å². The van der Waals surface area contributed by atoms with Crippen molar-refractivity contribution in [3.63, 3.8) is 0 Å². The number of unbranched alkanes of at least 4 members (excludes halogenated alkanes) is 1. The van der Waals surface area contributed by atoms with E-state index in [1.807, 2.05) is 6.92 Å². The van der Waals surface area contributed by atoms with Crippen LogP contribution in [0.4, 0.5) is 5.69 Å². The number of Topliss-reactive ketones (excluding diaryl/α,β-unsaturated/α-hetero) is 1. The van der Waals surface area contributed by atoms with Gasteiger partial charge in [-0.05, 0) is 24.6 Å². The van der Waals surface area contributed by atoms with E-state index in [4.69, 9.17) is 27.8 Å². The number of hydrogen-bond acceptors (Lipinski definition) is 5. The Morgan fingerprint density at radius 1 is 1.40 bits per heavy atom. The Bertz CT molecular complexity index is 491. The summed E-state index contributed by atoms with van der Waals surface area (Å²) in [5, 5.41) is 0.447. The molecule has 0 bridgehead atoms. The number of ether oxygens (including phenoxy) is 1. The predicted molar refractivity (Wildman–Crippen MR) is 78.7 cm³/mol. The van der Waals surface area contributed by atoms with Crippen molar-refractivity contribution in [1.29, 1.82) is 0 Å². The molecule has 1 unspecified atom stereocenters. The zero-order chi connectivity index (χ0) is 15.1. The van der Waals surface area contributed by atoms with Crippen molar-refractivity contribution >= 4 is 29.0 Å². The summed E-state index contributed by atoms with van der Waals surface area (Å²) < 4.78 is 4.96. The van der Waals surface area contributed by atoms with Crippen LogP contribution >= 0.6 is 11.6 Å². The van der Waals surface area contributed by atoms with Gasteiger partial charge in [0.25, 0.3) is 0 Å².